The van der Waals surface area contributed by atoms with Gasteiger partial charge < -0.3 is 5.32 Å². The molecule has 0 saturated carbocycles. The van der Waals surface area contributed by atoms with Gasteiger partial charge in [0.05, 0.1) is 11.6 Å². The Morgan fingerprint density at radius 2 is 2.30 bits per heavy atom. The largest absolute Gasteiger partial charge is 0.313 e. The number of nitriles is 1. The minimum Gasteiger partial charge on any atom is -0.313 e. The summed E-state index contributed by atoms with van der Waals surface area (Å²) in [4.78, 5) is 2.27. The summed E-state index contributed by atoms with van der Waals surface area (Å²) in [6.07, 6.45) is 2.40. The van der Waals surface area contributed by atoms with Crippen molar-refractivity contribution in [1.82, 2.24) is 10.2 Å². The van der Waals surface area contributed by atoms with Crippen molar-refractivity contribution in [3.05, 3.63) is 35.1 Å². The topological polar surface area (TPSA) is 39.1 Å². The summed E-state index contributed by atoms with van der Waals surface area (Å²) in [7, 11) is 0. The summed E-state index contributed by atoms with van der Waals surface area (Å²) in [5.74, 6) is -0.228. The predicted molar refractivity (Wildman–Crippen MR) is 77.7 cm³/mol. The van der Waals surface area contributed by atoms with E-state index in [1.165, 1.54) is 25.0 Å². The average Bonchev–Trinajstić information content (AvgIpc) is 2.93. The van der Waals surface area contributed by atoms with Gasteiger partial charge in [-0.05, 0) is 51.4 Å². The molecular formula is C16H22FN3. The van der Waals surface area contributed by atoms with E-state index in [0.29, 0.717) is 29.8 Å². The van der Waals surface area contributed by atoms with Gasteiger partial charge in [-0.3, -0.25) is 4.90 Å². The first-order chi connectivity index (χ1) is 9.60. The molecular weight excluding hydrogens is 253 g/mol. The van der Waals surface area contributed by atoms with Crippen LogP contribution < -0.4 is 5.32 Å². The fraction of sp³-hybridized carbons (Fsp3) is 0.562. The lowest BCUT2D eigenvalue weighted by molar-refractivity contribution is 0.191. The van der Waals surface area contributed by atoms with Crippen molar-refractivity contribution in [3.63, 3.8) is 0 Å². The van der Waals surface area contributed by atoms with Gasteiger partial charge in [0.25, 0.3) is 0 Å². The van der Waals surface area contributed by atoms with Gasteiger partial charge in [-0.2, -0.15) is 5.26 Å². The maximum Gasteiger partial charge on any atom is 0.127 e. The van der Waals surface area contributed by atoms with Gasteiger partial charge in [0.15, 0.2) is 0 Å². The molecule has 20 heavy (non-hydrogen) atoms. The van der Waals surface area contributed by atoms with Gasteiger partial charge in [0.2, 0.25) is 0 Å². The molecule has 3 nitrogen and oxygen atoms in total. The van der Waals surface area contributed by atoms with E-state index < -0.39 is 0 Å². The molecule has 0 radical (unpaired) electrons. The highest BCUT2D eigenvalue weighted by Crippen LogP contribution is 2.16. The van der Waals surface area contributed by atoms with E-state index in [2.05, 4.69) is 30.1 Å². The molecule has 1 aromatic rings. The van der Waals surface area contributed by atoms with Crippen LogP contribution in [0.1, 0.15) is 37.8 Å². The quantitative estimate of drug-likeness (QED) is 0.898. The average molecular weight is 275 g/mol. The fourth-order valence-corrected chi connectivity index (χ4v) is 2.64. The van der Waals surface area contributed by atoms with Crippen LogP contribution in [-0.2, 0) is 6.54 Å². The Kier molecular flexibility index (Phi) is 5.11. The highest BCUT2D eigenvalue weighted by molar-refractivity contribution is 5.33. The van der Waals surface area contributed by atoms with Crippen LogP contribution in [0.5, 0.6) is 0 Å². The summed E-state index contributed by atoms with van der Waals surface area (Å²) in [6.45, 7) is 6.81. The van der Waals surface area contributed by atoms with Crippen molar-refractivity contribution < 1.29 is 4.39 Å². The van der Waals surface area contributed by atoms with Crippen molar-refractivity contribution >= 4 is 0 Å². The fourth-order valence-electron chi connectivity index (χ4n) is 2.64. The third-order valence-electron chi connectivity index (χ3n) is 3.90. The van der Waals surface area contributed by atoms with E-state index in [0.717, 1.165) is 13.1 Å². The van der Waals surface area contributed by atoms with Gasteiger partial charge in [-0.1, -0.05) is 0 Å². The Bertz CT molecular complexity index is 487. The molecule has 1 N–H and O–H groups in total. The van der Waals surface area contributed by atoms with Gasteiger partial charge in [-0.15, -0.1) is 0 Å². The minimum atomic E-state index is -0.228. The number of nitrogens with zero attached hydrogens (tertiary/aromatic N) is 2. The van der Waals surface area contributed by atoms with E-state index in [1.54, 1.807) is 6.07 Å². The van der Waals surface area contributed by atoms with E-state index in [-0.39, 0.29) is 5.82 Å². The van der Waals surface area contributed by atoms with Crippen LogP contribution in [0, 0.1) is 17.1 Å². The molecule has 1 unspecified atom stereocenters. The molecule has 0 aliphatic carbocycles. The van der Waals surface area contributed by atoms with Gasteiger partial charge >= 0.3 is 0 Å². The Hall–Kier alpha value is -1.44. The summed E-state index contributed by atoms with van der Waals surface area (Å²) < 4.78 is 13.9. The molecule has 1 heterocycles. The molecule has 2 rings (SSSR count). The number of hydrogen-bond donors (Lipinski definition) is 1. The van der Waals surface area contributed by atoms with E-state index in [9.17, 15) is 4.39 Å². The SMILES string of the molecule is CC(C)N(Cc1cc(C#N)ccc1F)CC1CCCN1. The highest BCUT2D eigenvalue weighted by Gasteiger charge is 2.20. The molecule has 0 aromatic heterocycles. The molecule has 0 bridgehead atoms. The number of rotatable bonds is 5. The Labute approximate surface area is 120 Å². The lowest BCUT2D eigenvalue weighted by atomic mass is 10.1. The van der Waals surface area contributed by atoms with Crippen LogP contribution in [0.4, 0.5) is 4.39 Å². The van der Waals surface area contributed by atoms with Crippen molar-refractivity contribution in [2.24, 2.45) is 0 Å². The lowest BCUT2D eigenvalue weighted by Gasteiger charge is -2.29. The minimum absolute atomic E-state index is 0.228. The normalized spacial score (nSPS) is 18.7. The third-order valence-corrected chi connectivity index (χ3v) is 3.90. The molecule has 1 aliphatic rings. The van der Waals surface area contributed by atoms with E-state index >= 15 is 0 Å². The van der Waals surface area contributed by atoms with E-state index in [1.807, 2.05) is 0 Å². The standard InChI is InChI=1S/C16H22FN3/c1-12(2)20(11-15-4-3-7-19-15)10-14-8-13(9-18)5-6-16(14)17/h5-6,8,12,15,19H,3-4,7,10-11H2,1-2H3. The number of hydrogen-bond acceptors (Lipinski definition) is 3. The first-order valence-corrected chi connectivity index (χ1v) is 7.26. The predicted octanol–water partition coefficient (Wildman–Crippen LogP) is 2.66. The molecule has 1 saturated heterocycles. The lowest BCUT2D eigenvalue weighted by Crippen LogP contribution is -2.40. The van der Waals surface area contributed by atoms with Gasteiger partial charge in [0.1, 0.15) is 5.82 Å². The second-order valence-corrected chi connectivity index (χ2v) is 5.73. The number of halogens is 1. The maximum atomic E-state index is 13.9. The third kappa shape index (κ3) is 3.78. The smallest absolute Gasteiger partial charge is 0.127 e. The summed E-state index contributed by atoms with van der Waals surface area (Å²) in [5.41, 5.74) is 1.12. The Morgan fingerprint density at radius 1 is 1.50 bits per heavy atom. The highest BCUT2D eigenvalue weighted by atomic mass is 19.1. The Balaban J connectivity index is 2.09. The molecule has 1 aromatic carbocycles. The van der Waals surface area contributed by atoms with Crippen molar-refractivity contribution in [2.45, 2.75) is 45.3 Å². The van der Waals surface area contributed by atoms with Crippen LogP contribution in [-0.4, -0.2) is 30.1 Å². The van der Waals surface area contributed by atoms with Crippen LogP contribution in [0.3, 0.4) is 0 Å². The summed E-state index contributed by atoms with van der Waals surface area (Å²) in [6, 6.07) is 7.50. The molecule has 0 amide bonds. The first-order valence-electron chi connectivity index (χ1n) is 7.26. The zero-order valence-electron chi connectivity index (χ0n) is 12.2. The molecule has 1 aliphatic heterocycles. The number of nitrogens with one attached hydrogen (secondary N) is 1. The summed E-state index contributed by atoms with van der Waals surface area (Å²) >= 11 is 0. The van der Waals surface area contributed by atoms with Crippen LogP contribution in [0.2, 0.25) is 0 Å². The monoisotopic (exact) mass is 275 g/mol. The maximum absolute atomic E-state index is 13.9. The van der Waals surface area contributed by atoms with Gasteiger partial charge in [-0.25, -0.2) is 4.39 Å². The second kappa shape index (κ2) is 6.83. The molecule has 0 spiro atoms. The van der Waals surface area contributed by atoms with Crippen LogP contribution in [0.15, 0.2) is 18.2 Å². The zero-order chi connectivity index (χ0) is 14.5. The first kappa shape index (κ1) is 15.0. The molecule has 4 heteroatoms. The van der Waals surface area contributed by atoms with Crippen molar-refractivity contribution in [3.8, 4) is 6.07 Å². The van der Waals surface area contributed by atoms with E-state index in [4.69, 9.17) is 5.26 Å². The van der Waals surface area contributed by atoms with Crippen LogP contribution >= 0.6 is 0 Å². The van der Waals surface area contributed by atoms with Crippen molar-refractivity contribution in [1.29, 1.82) is 5.26 Å². The molecule has 108 valence electrons. The number of benzene rings is 1. The zero-order valence-corrected chi connectivity index (χ0v) is 12.2. The second-order valence-electron chi connectivity index (χ2n) is 5.73. The Morgan fingerprint density at radius 3 is 2.90 bits per heavy atom. The molecule has 1 fully saturated rings. The van der Waals surface area contributed by atoms with Gasteiger partial charge in [0, 0.05) is 30.7 Å². The van der Waals surface area contributed by atoms with Crippen molar-refractivity contribution in [2.75, 3.05) is 13.1 Å². The molecule has 1 atom stereocenters. The van der Waals surface area contributed by atoms with Crippen LogP contribution in [0.25, 0.3) is 0 Å². The summed E-state index contributed by atoms with van der Waals surface area (Å²) in [5, 5.41) is 12.4.